The number of nitriles is 1. The van der Waals surface area contributed by atoms with E-state index in [1.54, 1.807) is 24.3 Å². The number of hydrogen-bond acceptors (Lipinski definition) is 4. The van der Waals surface area contributed by atoms with Crippen LogP contribution in [0.1, 0.15) is 99.9 Å². The third-order valence-corrected chi connectivity index (χ3v) is 7.10. The smallest absolute Gasteiger partial charge is 0.343 e. The molecular formula is C30H37F2NO3. The number of carbonyl (C=O) groups excluding carboxylic acids is 1. The molecule has 0 unspecified atom stereocenters. The molecule has 0 atom stereocenters. The minimum absolute atomic E-state index is 0.235. The standard InChI is InChI=1S/C30H37F2NO3/c1-2-3-4-5-6-7-8-9-22-10-12-23(13-11-22)21-35-25-16-14-24(15-17-25)30(34)36-26-18-28(31)27(20-33)29(32)19-26/h14-19,22-23H,2-13,21H2,1H3/t22-,23-. The van der Waals surface area contributed by atoms with Gasteiger partial charge in [-0.15, -0.1) is 0 Å². The van der Waals surface area contributed by atoms with Gasteiger partial charge in [-0.2, -0.15) is 5.26 Å². The zero-order valence-electron chi connectivity index (χ0n) is 21.2. The van der Waals surface area contributed by atoms with Gasteiger partial charge in [0, 0.05) is 12.1 Å². The van der Waals surface area contributed by atoms with Gasteiger partial charge < -0.3 is 9.47 Å². The molecule has 1 aliphatic rings. The molecule has 194 valence electrons. The van der Waals surface area contributed by atoms with Crippen molar-refractivity contribution in [3.63, 3.8) is 0 Å². The lowest BCUT2D eigenvalue weighted by atomic mass is 9.80. The van der Waals surface area contributed by atoms with E-state index in [-0.39, 0.29) is 11.3 Å². The van der Waals surface area contributed by atoms with Gasteiger partial charge in [0.25, 0.3) is 0 Å². The number of benzene rings is 2. The Morgan fingerprint density at radius 2 is 1.47 bits per heavy atom. The van der Waals surface area contributed by atoms with Crippen LogP contribution in [0.25, 0.3) is 0 Å². The fraction of sp³-hybridized carbons (Fsp3) is 0.533. The van der Waals surface area contributed by atoms with Gasteiger partial charge in [0.1, 0.15) is 34.8 Å². The van der Waals surface area contributed by atoms with E-state index >= 15 is 0 Å². The van der Waals surface area contributed by atoms with Crippen LogP contribution in [0.2, 0.25) is 0 Å². The summed E-state index contributed by atoms with van der Waals surface area (Å²) in [4.78, 5) is 12.3. The van der Waals surface area contributed by atoms with E-state index in [0.29, 0.717) is 18.3 Å². The molecule has 3 rings (SSSR count). The molecule has 2 aromatic rings. The predicted octanol–water partition coefficient (Wildman–Crippen LogP) is 8.38. The number of carbonyl (C=O) groups is 1. The first kappa shape index (κ1) is 27.6. The van der Waals surface area contributed by atoms with E-state index < -0.39 is 23.2 Å². The fourth-order valence-corrected chi connectivity index (χ4v) is 4.86. The second-order valence-electron chi connectivity index (χ2n) is 9.90. The van der Waals surface area contributed by atoms with Gasteiger partial charge in [-0.25, -0.2) is 13.6 Å². The summed E-state index contributed by atoms with van der Waals surface area (Å²) < 4.78 is 38.5. The van der Waals surface area contributed by atoms with Crippen molar-refractivity contribution in [2.24, 2.45) is 11.8 Å². The average Bonchev–Trinajstić information content (AvgIpc) is 2.88. The molecule has 0 bridgehead atoms. The minimum atomic E-state index is -1.07. The Morgan fingerprint density at radius 3 is 2.08 bits per heavy atom. The largest absolute Gasteiger partial charge is 0.493 e. The fourth-order valence-electron chi connectivity index (χ4n) is 4.86. The number of nitrogens with zero attached hydrogens (tertiary/aromatic N) is 1. The van der Waals surface area contributed by atoms with E-state index in [1.165, 1.54) is 83.1 Å². The van der Waals surface area contributed by atoms with Crippen LogP contribution in [0.3, 0.4) is 0 Å². The minimum Gasteiger partial charge on any atom is -0.493 e. The summed E-state index contributed by atoms with van der Waals surface area (Å²) in [6, 6.07) is 9.59. The highest BCUT2D eigenvalue weighted by atomic mass is 19.1. The summed E-state index contributed by atoms with van der Waals surface area (Å²) in [7, 11) is 0. The molecule has 0 amide bonds. The quantitative estimate of drug-likeness (QED) is 0.158. The van der Waals surface area contributed by atoms with E-state index in [4.69, 9.17) is 14.7 Å². The Labute approximate surface area is 213 Å². The normalized spacial score (nSPS) is 17.4. The molecule has 1 saturated carbocycles. The highest BCUT2D eigenvalue weighted by molar-refractivity contribution is 5.91. The van der Waals surface area contributed by atoms with E-state index in [0.717, 1.165) is 18.1 Å². The van der Waals surface area contributed by atoms with Crippen LogP contribution in [0.4, 0.5) is 8.78 Å². The van der Waals surface area contributed by atoms with Crippen LogP contribution in [0.5, 0.6) is 11.5 Å². The zero-order valence-corrected chi connectivity index (χ0v) is 21.2. The Kier molecular flexibility index (Phi) is 11.2. The number of ether oxygens (including phenoxy) is 2. The third-order valence-electron chi connectivity index (χ3n) is 7.10. The summed E-state index contributed by atoms with van der Waals surface area (Å²) in [5.41, 5.74) is -0.476. The van der Waals surface area contributed by atoms with Crippen molar-refractivity contribution in [3.8, 4) is 17.6 Å². The average molecular weight is 498 g/mol. The third kappa shape index (κ3) is 8.62. The molecule has 4 nitrogen and oxygen atoms in total. The number of esters is 1. The molecule has 36 heavy (non-hydrogen) atoms. The first-order valence-corrected chi connectivity index (χ1v) is 13.3. The molecule has 0 saturated heterocycles. The van der Waals surface area contributed by atoms with Crippen molar-refractivity contribution < 1.29 is 23.0 Å². The Morgan fingerprint density at radius 1 is 0.889 bits per heavy atom. The van der Waals surface area contributed by atoms with Crippen LogP contribution in [0, 0.1) is 34.8 Å². The van der Waals surface area contributed by atoms with Gasteiger partial charge in [0.2, 0.25) is 0 Å². The van der Waals surface area contributed by atoms with Gasteiger partial charge in [0.15, 0.2) is 0 Å². The first-order valence-electron chi connectivity index (χ1n) is 13.3. The molecule has 0 radical (unpaired) electrons. The maximum atomic E-state index is 13.7. The molecule has 0 aromatic heterocycles. The van der Waals surface area contributed by atoms with Gasteiger partial charge in [-0.1, -0.05) is 71.1 Å². The first-order chi connectivity index (χ1) is 17.5. The van der Waals surface area contributed by atoms with Crippen molar-refractivity contribution in [3.05, 3.63) is 59.2 Å². The summed E-state index contributed by atoms with van der Waals surface area (Å²) in [6.45, 7) is 2.92. The van der Waals surface area contributed by atoms with E-state index in [2.05, 4.69) is 6.92 Å². The summed E-state index contributed by atoms with van der Waals surface area (Å²) in [5.74, 6) is -1.10. The molecule has 0 heterocycles. The molecule has 0 spiro atoms. The number of rotatable bonds is 13. The number of unbranched alkanes of at least 4 members (excludes halogenated alkanes) is 6. The van der Waals surface area contributed by atoms with Crippen LogP contribution in [-0.2, 0) is 0 Å². The summed E-state index contributed by atoms with van der Waals surface area (Å²) in [5, 5.41) is 8.73. The van der Waals surface area contributed by atoms with Crippen molar-refractivity contribution in [2.75, 3.05) is 6.61 Å². The van der Waals surface area contributed by atoms with E-state index in [1.807, 2.05) is 0 Å². The van der Waals surface area contributed by atoms with Crippen molar-refractivity contribution in [1.29, 1.82) is 5.26 Å². The monoisotopic (exact) mass is 497 g/mol. The van der Waals surface area contributed by atoms with Crippen LogP contribution in [0.15, 0.2) is 36.4 Å². The van der Waals surface area contributed by atoms with Gasteiger partial charge in [0.05, 0.1) is 12.2 Å². The second-order valence-corrected chi connectivity index (χ2v) is 9.90. The van der Waals surface area contributed by atoms with Crippen molar-refractivity contribution in [1.82, 2.24) is 0 Å². The maximum absolute atomic E-state index is 13.7. The van der Waals surface area contributed by atoms with E-state index in [9.17, 15) is 13.6 Å². The zero-order chi connectivity index (χ0) is 25.8. The Hall–Kier alpha value is -2.94. The summed E-state index contributed by atoms with van der Waals surface area (Å²) in [6.07, 6.45) is 15.9. The topological polar surface area (TPSA) is 59.3 Å². The lowest BCUT2D eigenvalue weighted by Gasteiger charge is -2.28. The van der Waals surface area contributed by atoms with Gasteiger partial charge in [-0.05, 0) is 48.9 Å². The molecule has 2 aromatic carbocycles. The maximum Gasteiger partial charge on any atom is 0.343 e. The van der Waals surface area contributed by atoms with Crippen LogP contribution in [-0.4, -0.2) is 12.6 Å². The van der Waals surface area contributed by atoms with Crippen LogP contribution >= 0.6 is 0 Å². The molecule has 1 fully saturated rings. The number of halogens is 2. The van der Waals surface area contributed by atoms with Crippen molar-refractivity contribution >= 4 is 5.97 Å². The lowest BCUT2D eigenvalue weighted by molar-refractivity contribution is 0.0734. The predicted molar refractivity (Wildman–Crippen MR) is 136 cm³/mol. The number of hydrogen-bond donors (Lipinski definition) is 0. The van der Waals surface area contributed by atoms with Gasteiger partial charge >= 0.3 is 5.97 Å². The molecule has 1 aliphatic carbocycles. The highest BCUT2D eigenvalue weighted by Crippen LogP contribution is 2.32. The lowest BCUT2D eigenvalue weighted by Crippen LogP contribution is -2.20. The second kappa shape index (κ2) is 14.6. The van der Waals surface area contributed by atoms with Crippen molar-refractivity contribution in [2.45, 2.75) is 84.0 Å². The highest BCUT2D eigenvalue weighted by Gasteiger charge is 2.21. The SMILES string of the molecule is CCCCCCCCC[C@H]1CC[C@H](COc2ccc(C(=O)Oc3cc(F)c(C#N)c(F)c3)cc2)CC1. The summed E-state index contributed by atoms with van der Waals surface area (Å²) >= 11 is 0. The Bertz CT molecular complexity index is 985. The molecule has 6 heteroatoms. The Balaban J connectivity index is 1.35. The molecular weight excluding hydrogens is 460 g/mol. The van der Waals surface area contributed by atoms with Gasteiger partial charge in [-0.3, -0.25) is 0 Å². The van der Waals surface area contributed by atoms with Crippen LogP contribution < -0.4 is 9.47 Å². The molecule has 0 aliphatic heterocycles. The molecule has 0 N–H and O–H groups in total.